The highest BCUT2D eigenvalue weighted by atomic mass is 16.5. The van der Waals surface area contributed by atoms with Crippen molar-refractivity contribution in [3.05, 3.63) is 12.2 Å². The molecule has 0 rings (SSSR count). The average molecular weight is 268 g/mol. The van der Waals surface area contributed by atoms with E-state index in [1.54, 1.807) is 0 Å². The minimum absolute atomic E-state index is 0.257. The van der Waals surface area contributed by atoms with Gasteiger partial charge in [0.15, 0.2) is 0 Å². The third kappa shape index (κ3) is 12.0. The Hall–Kier alpha value is -0.790. The van der Waals surface area contributed by atoms with Crippen molar-refractivity contribution in [2.45, 2.75) is 84.0 Å². The van der Waals surface area contributed by atoms with Crippen LogP contribution in [0, 0.1) is 0 Å². The Labute approximate surface area is 119 Å². The van der Waals surface area contributed by atoms with E-state index in [2.05, 4.69) is 18.2 Å². The minimum Gasteiger partial charge on any atom is -0.466 e. The first-order valence-corrected chi connectivity index (χ1v) is 7.98. The molecule has 112 valence electrons. The monoisotopic (exact) mass is 268 g/mol. The van der Waals surface area contributed by atoms with Gasteiger partial charge in [-0.05, 0) is 12.8 Å². The number of unbranched alkanes of at least 4 members (excludes halogenated alkanes) is 10. The van der Waals surface area contributed by atoms with E-state index in [4.69, 9.17) is 0 Å². The summed E-state index contributed by atoms with van der Waals surface area (Å²) in [4.78, 5) is 11.1. The number of hydrogen-bond acceptors (Lipinski definition) is 2. The van der Waals surface area contributed by atoms with Gasteiger partial charge in [0, 0.05) is 5.57 Å². The molecule has 0 aromatic heterocycles. The first kappa shape index (κ1) is 18.2. The maximum absolute atomic E-state index is 11.1. The Kier molecular flexibility index (Phi) is 13.1. The number of carbonyl (C=O) groups excluding carboxylic acids is 1. The summed E-state index contributed by atoms with van der Waals surface area (Å²) in [5.41, 5.74) is 0.610. The van der Waals surface area contributed by atoms with Gasteiger partial charge in [-0.3, -0.25) is 0 Å². The van der Waals surface area contributed by atoms with Crippen molar-refractivity contribution in [1.82, 2.24) is 0 Å². The van der Waals surface area contributed by atoms with Crippen LogP contribution in [0.4, 0.5) is 0 Å². The molecule has 0 atom stereocenters. The highest BCUT2D eigenvalue weighted by molar-refractivity contribution is 5.87. The molecule has 0 aliphatic rings. The largest absolute Gasteiger partial charge is 0.466 e. The molecule has 2 nitrogen and oxygen atoms in total. The minimum atomic E-state index is -0.257. The Balaban J connectivity index is 3.15. The zero-order valence-corrected chi connectivity index (χ0v) is 13.0. The fourth-order valence-corrected chi connectivity index (χ4v) is 2.25. The van der Waals surface area contributed by atoms with Gasteiger partial charge in [-0.25, -0.2) is 4.79 Å². The summed E-state index contributed by atoms with van der Waals surface area (Å²) in [5.74, 6) is -0.257. The fourth-order valence-electron chi connectivity index (χ4n) is 2.25. The number of hydrogen-bond donors (Lipinski definition) is 0. The summed E-state index contributed by atoms with van der Waals surface area (Å²) in [7, 11) is 1.41. The molecule has 0 spiro atoms. The van der Waals surface area contributed by atoms with Crippen molar-refractivity contribution in [2.75, 3.05) is 7.11 Å². The van der Waals surface area contributed by atoms with Crippen LogP contribution in [0.5, 0.6) is 0 Å². The zero-order valence-electron chi connectivity index (χ0n) is 13.0. The number of rotatable bonds is 13. The summed E-state index contributed by atoms with van der Waals surface area (Å²) < 4.78 is 4.62. The maximum atomic E-state index is 11.1. The van der Waals surface area contributed by atoms with Crippen molar-refractivity contribution >= 4 is 5.97 Å². The second-order valence-corrected chi connectivity index (χ2v) is 5.38. The van der Waals surface area contributed by atoms with Crippen LogP contribution >= 0.6 is 0 Å². The van der Waals surface area contributed by atoms with Crippen molar-refractivity contribution in [2.24, 2.45) is 0 Å². The third-order valence-electron chi connectivity index (χ3n) is 3.56. The molecule has 0 fully saturated rings. The molecule has 0 heterocycles. The van der Waals surface area contributed by atoms with Gasteiger partial charge < -0.3 is 4.74 Å². The molecule has 0 aliphatic carbocycles. The van der Waals surface area contributed by atoms with Gasteiger partial charge in [-0.15, -0.1) is 0 Å². The van der Waals surface area contributed by atoms with Crippen LogP contribution in [0.3, 0.4) is 0 Å². The van der Waals surface area contributed by atoms with Crippen molar-refractivity contribution in [3.8, 4) is 0 Å². The van der Waals surface area contributed by atoms with Gasteiger partial charge in [0.25, 0.3) is 0 Å². The molecule has 0 saturated carbocycles. The van der Waals surface area contributed by atoms with Crippen molar-refractivity contribution in [3.63, 3.8) is 0 Å². The predicted molar refractivity (Wildman–Crippen MR) is 82.2 cm³/mol. The normalized spacial score (nSPS) is 10.4. The lowest BCUT2D eigenvalue weighted by atomic mass is 10.0. The lowest BCUT2D eigenvalue weighted by molar-refractivity contribution is -0.136. The quantitative estimate of drug-likeness (QED) is 0.253. The third-order valence-corrected chi connectivity index (χ3v) is 3.56. The molecule has 0 unspecified atom stereocenters. The lowest BCUT2D eigenvalue weighted by Crippen LogP contribution is -2.03. The van der Waals surface area contributed by atoms with Crippen LogP contribution in [-0.2, 0) is 9.53 Å². The number of methoxy groups -OCH3 is 1. The van der Waals surface area contributed by atoms with Crippen molar-refractivity contribution in [1.29, 1.82) is 0 Å². The Morgan fingerprint density at radius 2 is 1.26 bits per heavy atom. The lowest BCUT2D eigenvalue weighted by Gasteiger charge is -2.04. The van der Waals surface area contributed by atoms with Crippen LogP contribution < -0.4 is 0 Å². The molecular weight excluding hydrogens is 236 g/mol. The molecule has 0 aliphatic heterocycles. The van der Waals surface area contributed by atoms with Gasteiger partial charge in [0.05, 0.1) is 7.11 Å². The summed E-state index contributed by atoms with van der Waals surface area (Å²) in [6.07, 6.45) is 15.4. The molecule has 0 N–H and O–H groups in total. The van der Waals surface area contributed by atoms with Crippen LogP contribution in [0.2, 0.25) is 0 Å². The zero-order chi connectivity index (χ0) is 14.3. The highest BCUT2D eigenvalue weighted by Crippen LogP contribution is 2.13. The van der Waals surface area contributed by atoms with E-state index in [9.17, 15) is 4.79 Å². The Bertz CT molecular complexity index is 233. The predicted octanol–water partition coefficient (Wildman–Crippen LogP) is 5.42. The second kappa shape index (κ2) is 13.6. The topological polar surface area (TPSA) is 26.3 Å². The molecule has 0 radical (unpaired) electrons. The molecular formula is C17H32O2. The van der Waals surface area contributed by atoms with Gasteiger partial charge in [-0.1, -0.05) is 77.7 Å². The second-order valence-electron chi connectivity index (χ2n) is 5.38. The van der Waals surface area contributed by atoms with E-state index in [0.717, 1.165) is 12.8 Å². The van der Waals surface area contributed by atoms with Gasteiger partial charge in [0.1, 0.15) is 0 Å². The van der Waals surface area contributed by atoms with E-state index in [1.807, 2.05) is 0 Å². The molecule has 2 heteroatoms. The first-order valence-electron chi connectivity index (χ1n) is 7.98. The summed E-state index contributed by atoms with van der Waals surface area (Å²) >= 11 is 0. The van der Waals surface area contributed by atoms with Crippen molar-refractivity contribution < 1.29 is 9.53 Å². The number of carbonyl (C=O) groups is 1. The first-order chi connectivity index (χ1) is 9.22. The Morgan fingerprint density at radius 1 is 0.842 bits per heavy atom. The standard InChI is InChI=1S/C17H32O2/c1-4-5-6-7-8-9-10-11-12-13-14-15-16(2)17(18)19-3/h2,4-15H2,1,3H3. The van der Waals surface area contributed by atoms with Gasteiger partial charge >= 0.3 is 5.97 Å². The molecule has 0 aromatic carbocycles. The summed E-state index contributed by atoms with van der Waals surface area (Å²) in [6.45, 7) is 5.99. The highest BCUT2D eigenvalue weighted by Gasteiger charge is 2.05. The van der Waals surface area contributed by atoms with Crippen LogP contribution in [0.25, 0.3) is 0 Å². The molecule has 0 aromatic rings. The molecule has 19 heavy (non-hydrogen) atoms. The number of esters is 1. The SMILES string of the molecule is C=C(CCCCCCCCCCCCC)C(=O)OC. The molecule has 0 bridgehead atoms. The average Bonchev–Trinajstić information content (AvgIpc) is 2.43. The van der Waals surface area contributed by atoms with E-state index in [-0.39, 0.29) is 5.97 Å². The van der Waals surface area contributed by atoms with E-state index in [1.165, 1.54) is 71.3 Å². The van der Waals surface area contributed by atoms with E-state index in [0.29, 0.717) is 5.57 Å². The van der Waals surface area contributed by atoms with E-state index >= 15 is 0 Å². The number of ether oxygens (including phenoxy) is 1. The Morgan fingerprint density at radius 3 is 1.68 bits per heavy atom. The fraction of sp³-hybridized carbons (Fsp3) is 0.824. The van der Waals surface area contributed by atoms with Gasteiger partial charge in [0.2, 0.25) is 0 Å². The van der Waals surface area contributed by atoms with Crippen LogP contribution in [-0.4, -0.2) is 13.1 Å². The van der Waals surface area contributed by atoms with E-state index < -0.39 is 0 Å². The smallest absolute Gasteiger partial charge is 0.333 e. The molecule has 0 amide bonds. The van der Waals surface area contributed by atoms with Crippen LogP contribution in [0.15, 0.2) is 12.2 Å². The summed E-state index contributed by atoms with van der Waals surface area (Å²) in [6, 6.07) is 0. The van der Waals surface area contributed by atoms with Crippen LogP contribution in [0.1, 0.15) is 84.0 Å². The summed E-state index contributed by atoms with van der Waals surface area (Å²) in [5, 5.41) is 0. The molecule has 0 saturated heterocycles. The maximum Gasteiger partial charge on any atom is 0.333 e. The van der Waals surface area contributed by atoms with Gasteiger partial charge in [-0.2, -0.15) is 0 Å².